The van der Waals surface area contributed by atoms with Crippen molar-refractivity contribution in [3.63, 3.8) is 0 Å². The van der Waals surface area contributed by atoms with Gasteiger partial charge in [0, 0.05) is 44.3 Å². The van der Waals surface area contributed by atoms with Crippen molar-refractivity contribution >= 4 is 17.5 Å². The number of carbonyl (C=O) groups excluding carboxylic acids is 2. The highest BCUT2D eigenvalue weighted by molar-refractivity contribution is 5.89. The average molecular weight is 496 g/mol. The largest absolute Gasteiger partial charge is 0.493 e. The van der Waals surface area contributed by atoms with E-state index >= 15 is 0 Å². The van der Waals surface area contributed by atoms with Crippen LogP contribution in [-0.4, -0.2) is 79.6 Å². The van der Waals surface area contributed by atoms with Gasteiger partial charge in [-0.1, -0.05) is 6.07 Å². The van der Waals surface area contributed by atoms with Crippen LogP contribution in [0.2, 0.25) is 0 Å². The molecule has 0 saturated carbocycles. The number of ether oxygens (including phenoxy) is 2. The summed E-state index contributed by atoms with van der Waals surface area (Å²) in [7, 11) is 3.19. The van der Waals surface area contributed by atoms with Crippen molar-refractivity contribution in [2.24, 2.45) is 0 Å². The van der Waals surface area contributed by atoms with Crippen LogP contribution >= 0.6 is 0 Å². The molecule has 3 aliphatic rings. The van der Waals surface area contributed by atoms with E-state index in [9.17, 15) is 14.0 Å². The SMILES string of the molecule is COc1ccc(C2CC3C(=O)N(CC(=O)N4CCN(c5ccc(F)cc5)CC4)C=CN3N2)cc1OC. The number of methoxy groups -OCH3 is 2. The van der Waals surface area contributed by atoms with Crippen LogP contribution in [-0.2, 0) is 9.59 Å². The molecule has 190 valence electrons. The number of halogens is 1. The van der Waals surface area contributed by atoms with Crippen molar-refractivity contribution < 1.29 is 23.5 Å². The third-order valence-corrected chi connectivity index (χ3v) is 7.01. The van der Waals surface area contributed by atoms with Gasteiger partial charge in [-0.2, -0.15) is 0 Å². The second kappa shape index (κ2) is 10.1. The number of fused-ring (bicyclic) bond motifs is 1. The molecule has 2 aromatic rings. The Kier molecular flexibility index (Phi) is 6.69. The molecular formula is C26H30FN5O4. The van der Waals surface area contributed by atoms with Crippen molar-refractivity contribution in [2.75, 3.05) is 51.8 Å². The van der Waals surface area contributed by atoms with Gasteiger partial charge in [-0.25, -0.2) is 9.82 Å². The van der Waals surface area contributed by atoms with Crippen LogP contribution in [0.4, 0.5) is 10.1 Å². The van der Waals surface area contributed by atoms with Crippen LogP contribution in [0.25, 0.3) is 0 Å². The highest BCUT2D eigenvalue weighted by Crippen LogP contribution is 2.35. The van der Waals surface area contributed by atoms with Gasteiger partial charge in [0.15, 0.2) is 11.5 Å². The standard InChI is InChI=1S/C26H30FN5O4/c1-35-23-8-3-18(15-24(23)36-2)21-16-22-26(34)31(13-14-32(22)28-21)17-25(33)30-11-9-29(10-12-30)20-6-4-19(27)5-7-20/h3-8,13-15,21-22,28H,9-12,16-17H2,1-2H3. The Hall–Kier alpha value is -3.79. The van der Waals surface area contributed by atoms with Crippen molar-refractivity contribution in [1.82, 2.24) is 20.2 Å². The first kappa shape index (κ1) is 23.9. The van der Waals surface area contributed by atoms with E-state index in [1.54, 1.807) is 37.5 Å². The number of amides is 2. The molecule has 2 fully saturated rings. The molecule has 10 heteroatoms. The van der Waals surface area contributed by atoms with Crippen molar-refractivity contribution in [3.8, 4) is 11.5 Å². The normalized spacial score (nSPS) is 21.6. The van der Waals surface area contributed by atoms with Gasteiger partial charge in [0.25, 0.3) is 5.91 Å². The summed E-state index contributed by atoms with van der Waals surface area (Å²) in [5.41, 5.74) is 5.30. The Morgan fingerprint density at radius 2 is 1.72 bits per heavy atom. The Labute approximate surface area is 209 Å². The number of piperazine rings is 1. The summed E-state index contributed by atoms with van der Waals surface area (Å²) in [6, 6.07) is 11.6. The summed E-state index contributed by atoms with van der Waals surface area (Å²) in [5, 5.41) is 1.81. The Bertz CT molecular complexity index is 1150. The fraction of sp³-hybridized carbons (Fsp3) is 0.385. The quantitative estimate of drug-likeness (QED) is 0.658. The maximum Gasteiger partial charge on any atom is 0.251 e. The lowest BCUT2D eigenvalue weighted by molar-refractivity contribution is -0.141. The fourth-order valence-electron chi connectivity index (χ4n) is 4.97. The molecule has 9 nitrogen and oxygen atoms in total. The monoisotopic (exact) mass is 495 g/mol. The van der Waals surface area contributed by atoms with Gasteiger partial charge in [0.2, 0.25) is 5.91 Å². The number of nitrogens with zero attached hydrogens (tertiary/aromatic N) is 4. The topological polar surface area (TPSA) is 77.6 Å². The van der Waals surface area contributed by atoms with Gasteiger partial charge in [-0.15, -0.1) is 0 Å². The summed E-state index contributed by atoms with van der Waals surface area (Å²) < 4.78 is 23.9. The molecule has 36 heavy (non-hydrogen) atoms. The minimum atomic E-state index is -0.392. The van der Waals surface area contributed by atoms with E-state index in [1.807, 2.05) is 29.4 Å². The number of carbonyl (C=O) groups is 2. The second-order valence-corrected chi connectivity index (χ2v) is 9.06. The third kappa shape index (κ3) is 4.68. The summed E-state index contributed by atoms with van der Waals surface area (Å²) in [4.78, 5) is 31.6. The summed E-state index contributed by atoms with van der Waals surface area (Å²) in [6.45, 7) is 2.45. The number of anilines is 1. The smallest absolute Gasteiger partial charge is 0.251 e. The maximum atomic E-state index is 13.2. The van der Waals surface area contributed by atoms with E-state index in [1.165, 1.54) is 17.0 Å². The zero-order valence-electron chi connectivity index (χ0n) is 20.4. The summed E-state index contributed by atoms with van der Waals surface area (Å²) in [5.74, 6) is 0.832. The van der Waals surface area contributed by atoms with Crippen LogP contribution in [0.5, 0.6) is 11.5 Å². The predicted octanol–water partition coefficient (Wildman–Crippen LogP) is 2.13. The number of hydrogen-bond donors (Lipinski definition) is 1. The Balaban J connectivity index is 1.17. The number of rotatable bonds is 6. The molecular weight excluding hydrogens is 465 g/mol. The van der Waals surface area contributed by atoms with Crippen LogP contribution < -0.4 is 19.8 Å². The molecule has 2 saturated heterocycles. The zero-order chi connectivity index (χ0) is 25.2. The average Bonchev–Trinajstić information content (AvgIpc) is 3.35. The highest BCUT2D eigenvalue weighted by Gasteiger charge is 2.41. The molecule has 2 amide bonds. The van der Waals surface area contributed by atoms with Crippen LogP contribution in [0.3, 0.4) is 0 Å². The number of hydrogen-bond acceptors (Lipinski definition) is 7. The fourth-order valence-corrected chi connectivity index (χ4v) is 4.97. The van der Waals surface area contributed by atoms with E-state index < -0.39 is 6.04 Å². The molecule has 0 radical (unpaired) electrons. The van der Waals surface area contributed by atoms with Crippen LogP contribution in [0.1, 0.15) is 18.0 Å². The van der Waals surface area contributed by atoms with E-state index in [4.69, 9.17) is 9.47 Å². The molecule has 0 bridgehead atoms. The highest BCUT2D eigenvalue weighted by atomic mass is 19.1. The van der Waals surface area contributed by atoms with Gasteiger partial charge in [-0.3, -0.25) is 9.59 Å². The van der Waals surface area contributed by atoms with Gasteiger partial charge in [0.05, 0.1) is 20.3 Å². The lowest BCUT2D eigenvalue weighted by atomic mass is 10.0. The van der Waals surface area contributed by atoms with Crippen LogP contribution in [0.15, 0.2) is 54.9 Å². The van der Waals surface area contributed by atoms with Crippen molar-refractivity contribution in [3.05, 3.63) is 66.2 Å². The van der Waals surface area contributed by atoms with E-state index in [0.29, 0.717) is 44.1 Å². The first-order chi connectivity index (χ1) is 17.5. The zero-order valence-corrected chi connectivity index (χ0v) is 20.4. The number of hydrazine groups is 1. The Morgan fingerprint density at radius 1 is 1.00 bits per heavy atom. The minimum absolute atomic E-state index is 0.0112. The van der Waals surface area contributed by atoms with Gasteiger partial charge in [-0.05, 0) is 48.4 Å². The molecule has 5 rings (SSSR count). The summed E-state index contributed by atoms with van der Waals surface area (Å²) in [6.07, 6.45) is 4.04. The Morgan fingerprint density at radius 3 is 2.42 bits per heavy atom. The second-order valence-electron chi connectivity index (χ2n) is 9.06. The van der Waals surface area contributed by atoms with Crippen molar-refractivity contribution in [2.45, 2.75) is 18.5 Å². The minimum Gasteiger partial charge on any atom is -0.493 e. The molecule has 0 spiro atoms. The first-order valence-electron chi connectivity index (χ1n) is 12.0. The van der Waals surface area contributed by atoms with Gasteiger partial charge >= 0.3 is 0 Å². The van der Waals surface area contributed by atoms with Gasteiger partial charge < -0.3 is 29.2 Å². The van der Waals surface area contributed by atoms with E-state index in [-0.39, 0.29) is 30.2 Å². The molecule has 2 atom stereocenters. The molecule has 3 heterocycles. The predicted molar refractivity (Wildman–Crippen MR) is 132 cm³/mol. The van der Waals surface area contributed by atoms with E-state index in [0.717, 1.165) is 11.3 Å². The summed E-state index contributed by atoms with van der Waals surface area (Å²) >= 11 is 0. The van der Waals surface area contributed by atoms with Gasteiger partial charge in [0.1, 0.15) is 18.4 Å². The maximum absolute atomic E-state index is 13.2. The molecule has 2 aromatic carbocycles. The molecule has 3 aliphatic heterocycles. The van der Waals surface area contributed by atoms with Crippen molar-refractivity contribution in [1.29, 1.82) is 0 Å². The number of nitrogens with one attached hydrogen (secondary N) is 1. The third-order valence-electron chi connectivity index (χ3n) is 7.01. The van der Waals surface area contributed by atoms with Crippen LogP contribution in [0, 0.1) is 5.82 Å². The first-order valence-corrected chi connectivity index (χ1v) is 12.0. The molecule has 0 aliphatic carbocycles. The molecule has 0 aromatic heterocycles. The lowest BCUT2D eigenvalue weighted by Crippen LogP contribution is -2.54. The number of benzene rings is 2. The van der Waals surface area contributed by atoms with E-state index in [2.05, 4.69) is 10.3 Å². The lowest BCUT2D eigenvalue weighted by Gasteiger charge is -2.37. The molecule has 1 N–H and O–H groups in total. The molecule has 2 unspecified atom stereocenters.